The highest BCUT2D eigenvalue weighted by molar-refractivity contribution is 5.71. The molecule has 0 aromatic carbocycles. The minimum atomic E-state index is -0.826. The van der Waals surface area contributed by atoms with Crippen molar-refractivity contribution in [2.75, 3.05) is 20.3 Å². The summed E-state index contributed by atoms with van der Waals surface area (Å²) >= 11 is 0. The molecule has 7 nitrogen and oxygen atoms in total. The Balaban J connectivity index is 1.95. The van der Waals surface area contributed by atoms with E-state index in [1.165, 1.54) is 0 Å². The van der Waals surface area contributed by atoms with Crippen molar-refractivity contribution in [2.45, 2.75) is 32.9 Å². The Kier molecular flexibility index (Phi) is 4.72. The summed E-state index contributed by atoms with van der Waals surface area (Å²) in [6, 6.07) is -0.153. The lowest BCUT2D eigenvalue weighted by Gasteiger charge is -2.24. The highest BCUT2D eigenvalue weighted by Gasteiger charge is 2.36. The molecule has 2 rings (SSSR count). The Morgan fingerprint density at radius 3 is 2.90 bits per heavy atom. The van der Waals surface area contributed by atoms with Gasteiger partial charge in [-0.1, -0.05) is 19.0 Å². The van der Waals surface area contributed by atoms with Gasteiger partial charge in [0.2, 0.25) is 5.89 Å². The standard InChI is InChI=1S/C13H21N3O4/c1-8(2)4-12-14-11(15-20-12)5-16(3)10-7-19-6-9(10)13(17)18/h8-10H,4-7H2,1-3H3,(H,17,18). The molecule has 0 aliphatic carbocycles. The number of aliphatic carboxylic acids is 1. The molecule has 1 fully saturated rings. The number of carboxylic acid groups (broad SMARTS) is 1. The molecular formula is C13H21N3O4. The Labute approximate surface area is 117 Å². The van der Waals surface area contributed by atoms with Crippen molar-refractivity contribution >= 4 is 5.97 Å². The fourth-order valence-electron chi connectivity index (χ4n) is 2.34. The molecule has 1 aromatic rings. The largest absolute Gasteiger partial charge is 0.481 e. The molecule has 2 atom stereocenters. The molecular weight excluding hydrogens is 262 g/mol. The van der Waals surface area contributed by atoms with Crippen LogP contribution in [0.25, 0.3) is 0 Å². The number of ether oxygens (including phenoxy) is 1. The van der Waals surface area contributed by atoms with Gasteiger partial charge < -0.3 is 14.4 Å². The molecule has 1 N–H and O–H groups in total. The van der Waals surface area contributed by atoms with E-state index >= 15 is 0 Å². The normalized spacial score (nSPS) is 22.9. The Hall–Kier alpha value is -1.47. The molecule has 0 radical (unpaired) electrons. The van der Waals surface area contributed by atoms with Gasteiger partial charge in [0.25, 0.3) is 0 Å². The number of rotatable bonds is 6. The average molecular weight is 283 g/mol. The van der Waals surface area contributed by atoms with Gasteiger partial charge in [-0.2, -0.15) is 4.98 Å². The minimum Gasteiger partial charge on any atom is -0.481 e. The predicted molar refractivity (Wildman–Crippen MR) is 70.0 cm³/mol. The van der Waals surface area contributed by atoms with Crippen molar-refractivity contribution in [1.29, 1.82) is 0 Å². The minimum absolute atomic E-state index is 0.153. The molecule has 0 bridgehead atoms. The van der Waals surface area contributed by atoms with Crippen molar-refractivity contribution in [2.24, 2.45) is 11.8 Å². The van der Waals surface area contributed by atoms with E-state index in [-0.39, 0.29) is 12.6 Å². The summed E-state index contributed by atoms with van der Waals surface area (Å²) in [6.45, 7) is 5.31. The van der Waals surface area contributed by atoms with Crippen LogP contribution in [0.3, 0.4) is 0 Å². The summed E-state index contributed by atoms with van der Waals surface area (Å²) in [4.78, 5) is 17.4. The van der Waals surface area contributed by atoms with E-state index in [0.29, 0.717) is 30.8 Å². The van der Waals surface area contributed by atoms with Crippen molar-refractivity contribution in [1.82, 2.24) is 15.0 Å². The zero-order valence-electron chi connectivity index (χ0n) is 12.1. The molecule has 0 spiro atoms. The van der Waals surface area contributed by atoms with E-state index < -0.39 is 11.9 Å². The van der Waals surface area contributed by atoms with Gasteiger partial charge in [-0.05, 0) is 13.0 Å². The molecule has 20 heavy (non-hydrogen) atoms. The van der Waals surface area contributed by atoms with E-state index in [2.05, 4.69) is 24.0 Å². The van der Waals surface area contributed by atoms with Crippen molar-refractivity contribution in [3.63, 3.8) is 0 Å². The first-order chi connectivity index (χ1) is 9.47. The number of aromatic nitrogens is 2. The third-order valence-corrected chi connectivity index (χ3v) is 3.42. The number of hydrogen-bond donors (Lipinski definition) is 1. The van der Waals surface area contributed by atoms with Gasteiger partial charge in [0.1, 0.15) is 0 Å². The van der Waals surface area contributed by atoms with E-state index in [1.807, 2.05) is 11.9 Å². The van der Waals surface area contributed by atoms with Crippen LogP contribution in [0, 0.1) is 11.8 Å². The molecule has 2 unspecified atom stereocenters. The lowest BCUT2D eigenvalue weighted by Crippen LogP contribution is -2.40. The smallest absolute Gasteiger partial charge is 0.310 e. The third kappa shape index (κ3) is 3.55. The molecule has 0 saturated carbocycles. The molecule has 2 heterocycles. The number of hydrogen-bond acceptors (Lipinski definition) is 6. The lowest BCUT2D eigenvalue weighted by atomic mass is 10.0. The second-order valence-electron chi connectivity index (χ2n) is 5.67. The molecule has 1 saturated heterocycles. The second-order valence-corrected chi connectivity index (χ2v) is 5.67. The first kappa shape index (κ1) is 14.9. The van der Waals surface area contributed by atoms with Gasteiger partial charge >= 0.3 is 5.97 Å². The first-order valence-corrected chi connectivity index (χ1v) is 6.79. The van der Waals surface area contributed by atoms with Crippen LogP contribution in [-0.2, 0) is 22.5 Å². The summed E-state index contributed by atoms with van der Waals surface area (Å²) in [6.07, 6.45) is 0.751. The summed E-state index contributed by atoms with van der Waals surface area (Å²) in [5, 5.41) is 13.1. The third-order valence-electron chi connectivity index (χ3n) is 3.42. The van der Waals surface area contributed by atoms with E-state index in [1.54, 1.807) is 0 Å². The molecule has 0 amide bonds. The summed E-state index contributed by atoms with van der Waals surface area (Å²) in [7, 11) is 1.85. The monoisotopic (exact) mass is 283 g/mol. The number of nitrogens with zero attached hydrogens (tertiary/aromatic N) is 3. The van der Waals surface area contributed by atoms with Gasteiger partial charge in [0.05, 0.1) is 25.7 Å². The van der Waals surface area contributed by atoms with Crippen LogP contribution >= 0.6 is 0 Å². The highest BCUT2D eigenvalue weighted by atomic mass is 16.5. The van der Waals surface area contributed by atoms with Crippen LogP contribution in [0.4, 0.5) is 0 Å². The maximum Gasteiger partial charge on any atom is 0.310 e. The zero-order chi connectivity index (χ0) is 14.7. The highest BCUT2D eigenvalue weighted by Crippen LogP contribution is 2.20. The van der Waals surface area contributed by atoms with Crippen molar-refractivity contribution < 1.29 is 19.2 Å². The van der Waals surface area contributed by atoms with Gasteiger partial charge in [0.15, 0.2) is 5.82 Å². The van der Waals surface area contributed by atoms with E-state index in [0.717, 1.165) is 6.42 Å². The van der Waals surface area contributed by atoms with Crippen LogP contribution in [-0.4, -0.2) is 52.4 Å². The van der Waals surface area contributed by atoms with Gasteiger partial charge in [-0.15, -0.1) is 0 Å². The number of carboxylic acids is 1. The lowest BCUT2D eigenvalue weighted by molar-refractivity contribution is -0.143. The maximum atomic E-state index is 11.1. The maximum absolute atomic E-state index is 11.1. The number of likely N-dealkylation sites (N-methyl/N-ethyl adjacent to an activating group) is 1. The fraction of sp³-hybridized carbons (Fsp3) is 0.769. The Morgan fingerprint density at radius 1 is 1.50 bits per heavy atom. The van der Waals surface area contributed by atoms with Gasteiger partial charge in [-0.3, -0.25) is 9.69 Å². The van der Waals surface area contributed by atoms with Gasteiger partial charge in [0, 0.05) is 12.5 Å². The summed E-state index contributed by atoms with van der Waals surface area (Å²) in [5.41, 5.74) is 0. The summed E-state index contributed by atoms with van der Waals surface area (Å²) < 4.78 is 10.4. The average Bonchev–Trinajstić information content (AvgIpc) is 2.96. The number of carbonyl (C=O) groups is 1. The Morgan fingerprint density at radius 2 is 2.25 bits per heavy atom. The van der Waals surface area contributed by atoms with Crippen LogP contribution in [0.1, 0.15) is 25.6 Å². The Bertz CT molecular complexity index is 460. The molecule has 1 aliphatic heterocycles. The van der Waals surface area contributed by atoms with Crippen molar-refractivity contribution in [3.8, 4) is 0 Å². The van der Waals surface area contributed by atoms with E-state index in [9.17, 15) is 4.79 Å². The second kappa shape index (κ2) is 6.32. The molecule has 1 aliphatic rings. The molecule has 7 heteroatoms. The predicted octanol–water partition coefficient (Wildman–Crippen LogP) is 0.799. The fourth-order valence-corrected chi connectivity index (χ4v) is 2.34. The van der Waals surface area contributed by atoms with Crippen LogP contribution in [0.5, 0.6) is 0 Å². The molecule has 112 valence electrons. The SMILES string of the molecule is CC(C)Cc1nc(CN(C)C2COCC2C(=O)O)no1. The quantitative estimate of drug-likeness (QED) is 0.826. The van der Waals surface area contributed by atoms with Crippen molar-refractivity contribution in [3.05, 3.63) is 11.7 Å². The topological polar surface area (TPSA) is 88.7 Å². The van der Waals surface area contributed by atoms with Crippen LogP contribution < -0.4 is 0 Å². The summed E-state index contributed by atoms with van der Waals surface area (Å²) in [5.74, 6) is 0.343. The first-order valence-electron chi connectivity index (χ1n) is 6.79. The van der Waals surface area contributed by atoms with Crippen LogP contribution in [0.2, 0.25) is 0 Å². The molecule has 1 aromatic heterocycles. The van der Waals surface area contributed by atoms with Crippen LogP contribution in [0.15, 0.2) is 4.52 Å². The zero-order valence-corrected chi connectivity index (χ0v) is 12.1. The van der Waals surface area contributed by atoms with E-state index in [4.69, 9.17) is 14.4 Å². The van der Waals surface area contributed by atoms with Gasteiger partial charge in [-0.25, -0.2) is 0 Å².